The monoisotopic (exact) mass is 371 g/mol. The second-order valence-electron chi connectivity index (χ2n) is 5.36. The molecule has 0 fully saturated rings. The van der Waals surface area contributed by atoms with Crippen LogP contribution in [0.3, 0.4) is 0 Å². The van der Waals surface area contributed by atoms with E-state index >= 15 is 0 Å². The highest BCUT2D eigenvalue weighted by Crippen LogP contribution is 2.10. The molecule has 2 aromatic carbocycles. The molecule has 8 heteroatoms. The number of anilines is 1. The number of hydrogen-bond acceptors (Lipinski definition) is 4. The van der Waals surface area contributed by atoms with Gasteiger partial charge in [-0.15, -0.1) is 12.4 Å². The van der Waals surface area contributed by atoms with Crippen molar-refractivity contribution >= 4 is 29.9 Å². The first kappa shape index (κ1) is 19.1. The van der Waals surface area contributed by atoms with Crippen LogP contribution in [0.4, 0.5) is 5.69 Å². The highest BCUT2D eigenvalue weighted by atomic mass is 35.5. The Morgan fingerprint density at radius 1 is 0.962 bits per heavy atom. The van der Waals surface area contributed by atoms with Crippen LogP contribution in [0.25, 0.3) is 0 Å². The Kier molecular flexibility index (Phi) is 6.87. The maximum atomic E-state index is 12.1. The highest BCUT2D eigenvalue weighted by molar-refractivity contribution is 6.02. The topological polar surface area (TPSA) is 99.8 Å². The number of rotatable bonds is 6. The minimum Gasteiger partial charge on any atom is -0.352 e. The van der Waals surface area contributed by atoms with Gasteiger partial charge in [0.1, 0.15) is 6.33 Å². The molecule has 0 saturated carbocycles. The molecule has 0 radical (unpaired) electrons. The fourth-order valence-corrected chi connectivity index (χ4v) is 2.28. The van der Waals surface area contributed by atoms with Gasteiger partial charge in [-0.05, 0) is 36.2 Å². The molecule has 7 nitrogen and oxygen atoms in total. The summed E-state index contributed by atoms with van der Waals surface area (Å²) in [5.41, 5.74) is 2.28. The molecule has 1 aromatic heterocycles. The van der Waals surface area contributed by atoms with E-state index in [9.17, 15) is 9.59 Å². The Hall–Kier alpha value is -3.19. The maximum Gasteiger partial charge on any atom is 0.292 e. The van der Waals surface area contributed by atoms with Crippen molar-refractivity contribution in [3.8, 4) is 0 Å². The number of halogens is 1. The van der Waals surface area contributed by atoms with Crippen LogP contribution in [0, 0.1) is 0 Å². The van der Waals surface area contributed by atoms with Crippen LogP contribution in [0.2, 0.25) is 0 Å². The molecule has 26 heavy (non-hydrogen) atoms. The summed E-state index contributed by atoms with van der Waals surface area (Å²) in [7, 11) is 0. The van der Waals surface area contributed by atoms with Crippen molar-refractivity contribution in [2.75, 3.05) is 11.9 Å². The molecule has 0 unspecified atom stereocenters. The van der Waals surface area contributed by atoms with E-state index in [0.717, 1.165) is 6.42 Å². The minimum atomic E-state index is -0.391. The standard InChI is InChI=1S/C18H17N5O2.ClH/c24-17(19-11-10-13-4-2-1-3-5-13)14-6-8-15(9-7-14)22-18(25)16-20-12-21-23-16;/h1-9,12H,10-11H2,(H,19,24)(H,22,25)(H,20,21,23);1H. The number of carbonyl (C=O) groups is 2. The van der Waals surface area contributed by atoms with Gasteiger partial charge in [0.15, 0.2) is 0 Å². The van der Waals surface area contributed by atoms with E-state index in [1.165, 1.54) is 11.9 Å². The molecule has 134 valence electrons. The van der Waals surface area contributed by atoms with E-state index in [-0.39, 0.29) is 24.1 Å². The largest absolute Gasteiger partial charge is 0.352 e. The fraction of sp³-hybridized carbons (Fsp3) is 0.111. The Morgan fingerprint density at radius 2 is 1.69 bits per heavy atom. The molecule has 3 N–H and O–H groups in total. The van der Waals surface area contributed by atoms with Crippen molar-refractivity contribution < 1.29 is 9.59 Å². The van der Waals surface area contributed by atoms with Crippen LogP contribution in [-0.4, -0.2) is 33.5 Å². The quantitative estimate of drug-likeness (QED) is 0.619. The number of benzene rings is 2. The van der Waals surface area contributed by atoms with Crippen molar-refractivity contribution in [2.24, 2.45) is 0 Å². The van der Waals surface area contributed by atoms with Gasteiger partial charge in [-0.3, -0.25) is 14.7 Å². The predicted octanol–water partition coefficient (Wildman–Crippen LogP) is 2.45. The number of nitrogens with zero attached hydrogens (tertiary/aromatic N) is 2. The Morgan fingerprint density at radius 3 is 2.35 bits per heavy atom. The van der Waals surface area contributed by atoms with Crippen LogP contribution < -0.4 is 10.6 Å². The summed E-state index contributed by atoms with van der Waals surface area (Å²) in [4.78, 5) is 27.8. The SMILES string of the molecule is Cl.O=C(NCCc1ccccc1)c1ccc(NC(=O)c2ncn[nH]2)cc1. The molecule has 2 amide bonds. The van der Waals surface area contributed by atoms with E-state index in [0.29, 0.717) is 17.8 Å². The van der Waals surface area contributed by atoms with E-state index in [2.05, 4.69) is 25.8 Å². The molecule has 0 saturated heterocycles. The molecular formula is C18H18ClN5O2. The van der Waals surface area contributed by atoms with Crippen molar-refractivity contribution in [1.29, 1.82) is 0 Å². The number of hydrogen-bond donors (Lipinski definition) is 3. The Labute approximate surface area is 156 Å². The number of nitrogens with one attached hydrogen (secondary N) is 3. The second-order valence-corrected chi connectivity index (χ2v) is 5.36. The van der Waals surface area contributed by atoms with Crippen molar-refractivity contribution in [1.82, 2.24) is 20.5 Å². The molecule has 3 rings (SSSR count). The van der Waals surface area contributed by atoms with Gasteiger partial charge in [-0.25, -0.2) is 4.98 Å². The molecule has 0 atom stereocenters. The normalized spacial score (nSPS) is 9.85. The van der Waals surface area contributed by atoms with Gasteiger partial charge in [0.2, 0.25) is 5.82 Å². The highest BCUT2D eigenvalue weighted by Gasteiger charge is 2.10. The number of aromatic nitrogens is 3. The maximum absolute atomic E-state index is 12.1. The first-order valence-electron chi connectivity index (χ1n) is 7.81. The zero-order valence-corrected chi connectivity index (χ0v) is 14.6. The number of H-pyrrole nitrogens is 1. The summed E-state index contributed by atoms with van der Waals surface area (Å²) < 4.78 is 0. The number of amides is 2. The van der Waals surface area contributed by atoms with Crippen LogP contribution in [0.1, 0.15) is 26.5 Å². The minimum absolute atomic E-state index is 0. The summed E-state index contributed by atoms with van der Waals surface area (Å²) in [5, 5.41) is 11.7. The molecule has 0 spiro atoms. The average Bonchev–Trinajstić information content (AvgIpc) is 3.18. The molecule has 0 bridgehead atoms. The van der Waals surface area contributed by atoms with E-state index in [1.807, 2.05) is 30.3 Å². The van der Waals surface area contributed by atoms with Crippen LogP contribution in [0.15, 0.2) is 60.9 Å². The Bertz CT molecular complexity index is 836. The lowest BCUT2D eigenvalue weighted by molar-refractivity contribution is 0.0953. The fourth-order valence-electron chi connectivity index (χ4n) is 2.28. The molecule has 3 aromatic rings. The molecule has 1 heterocycles. The van der Waals surface area contributed by atoms with E-state index in [1.54, 1.807) is 24.3 Å². The zero-order chi connectivity index (χ0) is 17.5. The first-order chi connectivity index (χ1) is 12.2. The summed E-state index contributed by atoms with van der Waals surface area (Å²) >= 11 is 0. The van der Waals surface area contributed by atoms with Gasteiger partial charge in [-0.2, -0.15) is 5.10 Å². The smallest absolute Gasteiger partial charge is 0.292 e. The summed E-state index contributed by atoms with van der Waals surface area (Å²) in [6.07, 6.45) is 2.04. The van der Waals surface area contributed by atoms with Crippen molar-refractivity contribution in [3.05, 3.63) is 77.9 Å². The van der Waals surface area contributed by atoms with Gasteiger partial charge in [0, 0.05) is 17.8 Å². The van der Waals surface area contributed by atoms with Crippen LogP contribution in [-0.2, 0) is 6.42 Å². The lowest BCUT2D eigenvalue weighted by atomic mass is 10.1. The van der Waals surface area contributed by atoms with Crippen molar-refractivity contribution in [2.45, 2.75) is 6.42 Å². The lowest BCUT2D eigenvalue weighted by Crippen LogP contribution is -2.25. The van der Waals surface area contributed by atoms with Gasteiger partial charge in [0.05, 0.1) is 0 Å². The van der Waals surface area contributed by atoms with Gasteiger partial charge in [-0.1, -0.05) is 30.3 Å². The van der Waals surface area contributed by atoms with Gasteiger partial charge < -0.3 is 10.6 Å². The van der Waals surface area contributed by atoms with Crippen LogP contribution in [0.5, 0.6) is 0 Å². The average molecular weight is 372 g/mol. The molecule has 0 aliphatic carbocycles. The second kappa shape index (κ2) is 9.33. The summed E-state index contributed by atoms with van der Waals surface area (Å²) in [6, 6.07) is 16.6. The van der Waals surface area contributed by atoms with E-state index in [4.69, 9.17) is 0 Å². The third kappa shape index (κ3) is 5.15. The Balaban J connectivity index is 0.00000243. The van der Waals surface area contributed by atoms with Gasteiger partial charge >= 0.3 is 0 Å². The molecule has 0 aliphatic heterocycles. The van der Waals surface area contributed by atoms with Crippen molar-refractivity contribution in [3.63, 3.8) is 0 Å². The number of carbonyl (C=O) groups excluding carboxylic acids is 2. The molecule has 0 aliphatic rings. The number of aromatic amines is 1. The predicted molar refractivity (Wildman–Crippen MR) is 101 cm³/mol. The van der Waals surface area contributed by atoms with Gasteiger partial charge in [0.25, 0.3) is 11.8 Å². The van der Waals surface area contributed by atoms with Crippen LogP contribution >= 0.6 is 12.4 Å². The van der Waals surface area contributed by atoms with E-state index < -0.39 is 5.91 Å². The summed E-state index contributed by atoms with van der Waals surface area (Å²) in [6.45, 7) is 0.562. The zero-order valence-electron chi connectivity index (χ0n) is 13.8. The lowest BCUT2D eigenvalue weighted by Gasteiger charge is -2.07. The third-order valence-corrected chi connectivity index (χ3v) is 3.58. The first-order valence-corrected chi connectivity index (χ1v) is 7.81. The molecular weight excluding hydrogens is 354 g/mol. The summed E-state index contributed by atoms with van der Waals surface area (Å²) in [5.74, 6) is -0.413. The third-order valence-electron chi connectivity index (χ3n) is 3.58.